The quantitative estimate of drug-likeness (QED) is 0.548. The van der Waals surface area contributed by atoms with Crippen molar-refractivity contribution < 1.29 is 0 Å². The maximum atomic E-state index is 2.79. The van der Waals surface area contributed by atoms with Gasteiger partial charge in [0.2, 0.25) is 0 Å². The molecule has 2 aromatic rings. The van der Waals surface area contributed by atoms with Gasteiger partial charge in [-0.25, -0.2) is 0 Å². The van der Waals surface area contributed by atoms with E-state index in [1.54, 1.807) is 11.1 Å². The van der Waals surface area contributed by atoms with Crippen LogP contribution in [0.15, 0.2) is 42.5 Å². The van der Waals surface area contributed by atoms with Gasteiger partial charge in [-0.15, -0.1) is 0 Å². The molecule has 1 aliphatic carbocycles. The minimum absolute atomic E-state index is 0.166. The van der Waals surface area contributed by atoms with Gasteiger partial charge in [-0.3, -0.25) is 0 Å². The Kier molecular flexibility index (Phi) is 4.84. The van der Waals surface area contributed by atoms with Crippen LogP contribution in [0.2, 0.25) is 0 Å². The third-order valence-electron chi connectivity index (χ3n) is 7.27. The van der Waals surface area contributed by atoms with Gasteiger partial charge in [0.15, 0.2) is 0 Å². The van der Waals surface area contributed by atoms with Crippen LogP contribution in [0.4, 0.5) is 5.69 Å². The van der Waals surface area contributed by atoms with Crippen molar-refractivity contribution in [3.8, 4) is 0 Å². The van der Waals surface area contributed by atoms with E-state index in [-0.39, 0.29) is 5.54 Å². The van der Waals surface area contributed by atoms with Crippen LogP contribution in [0.3, 0.4) is 0 Å². The molecule has 0 radical (unpaired) electrons. The fourth-order valence-corrected chi connectivity index (χ4v) is 6.06. The number of nitrogens with zero attached hydrogens (tertiary/aromatic N) is 1. The predicted molar refractivity (Wildman–Crippen MR) is 122 cm³/mol. The molecule has 0 N–H and O–H groups in total. The first-order chi connectivity index (χ1) is 13.3. The summed E-state index contributed by atoms with van der Waals surface area (Å²) < 4.78 is 0. The van der Waals surface area contributed by atoms with Crippen LogP contribution in [0.1, 0.15) is 94.9 Å². The van der Waals surface area contributed by atoms with Gasteiger partial charge in [-0.05, 0) is 73.6 Å². The van der Waals surface area contributed by atoms with E-state index >= 15 is 0 Å². The number of hydrogen-bond acceptors (Lipinski definition) is 1. The highest BCUT2D eigenvalue weighted by molar-refractivity contribution is 5.65. The van der Waals surface area contributed by atoms with E-state index in [0.29, 0.717) is 17.3 Å². The Labute approximate surface area is 172 Å². The third kappa shape index (κ3) is 3.08. The average molecular weight is 376 g/mol. The largest absolute Gasteiger partial charge is 0.365 e. The van der Waals surface area contributed by atoms with E-state index in [1.807, 2.05) is 0 Å². The van der Waals surface area contributed by atoms with E-state index < -0.39 is 0 Å². The average Bonchev–Trinajstić information content (AvgIpc) is 2.92. The van der Waals surface area contributed by atoms with Crippen molar-refractivity contribution in [3.63, 3.8) is 0 Å². The summed E-state index contributed by atoms with van der Waals surface area (Å²) in [5.74, 6) is 1.08. The minimum atomic E-state index is 0.166. The zero-order valence-corrected chi connectivity index (χ0v) is 18.7. The van der Waals surface area contributed by atoms with E-state index in [1.165, 1.54) is 42.5 Å². The van der Waals surface area contributed by atoms with Crippen LogP contribution >= 0.6 is 0 Å². The fourth-order valence-electron chi connectivity index (χ4n) is 6.06. The molecule has 2 aliphatic rings. The lowest BCUT2D eigenvalue weighted by Gasteiger charge is -2.38. The second kappa shape index (κ2) is 6.94. The number of rotatable bonds is 3. The van der Waals surface area contributed by atoms with Crippen LogP contribution in [0.5, 0.6) is 0 Å². The van der Waals surface area contributed by atoms with E-state index in [0.717, 1.165) is 6.54 Å². The molecule has 1 nitrogen and oxygen atoms in total. The van der Waals surface area contributed by atoms with E-state index in [2.05, 4.69) is 88.9 Å². The van der Waals surface area contributed by atoms with Gasteiger partial charge < -0.3 is 4.90 Å². The van der Waals surface area contributed by atoms with Crippen LogP contribution < -0.4 is 4.90 Å². The molecule has 1 saturated heterocycles. The molecule has 0 saturated carbocycles. The van der Waals surface area contributed by atoms with Gasteiger partial charge in [-0.1, -0.05) is 70.2 Å². The maximum Gasteiger partial charge on any atom is 0.0441 e. The summed E-state index contributed by atoms with van der Waals surface area (Å²) in [6, 6.07) is 16.3. The van der Waals surface area contributed by atoms with Crippen molar-refractivity contribution in [2.45, 2.75) is 90.0 Å². The fraction of sp³-hybridized carbons (Fsp3) is 0.556. The summed E-state index contributed by atoms with van der Waals surface area (Å²) >= 11 is 0. The third-order valence-corrected chi connectivity index (χ3v) is 7.27. The smallest absolute Gasteiger partial charge is 0.0441 e. The summed E-state index contributed by atoms with van der Waals surface area (Å²) in [4.78, 5) is 2.79. The van der Waals surface area contributed by atoms with Crippen LogP contribution in [-0.2, 0) is 11.8 Å². The molecule has 0 unspecified atom stereocenters. The Morgan fingerprint density at radius 1 is 0.857 bits per heavy atom. The topological polar surface area (TPSA) is 3.24 Å². The number of fused-ring (bicyclic) bond motifs is 2. The lowest BCUT2D eigenvalue weighted by Crippen LogP contribution is -2.40. The number of benzene rings is 2. The summed E-state index contributed by atoms with van der Waals surface area (Å²) in [6.45, 7) is 15.5. The summed E-state index contributed by atoms with van der Waals surface area (Å²) in [7, 11) is 0. The van der Waals surface area contributed by atoms with Crippen molar-refractivity contribution in [2.75, 3.05) is 11.4 Å². The number of anilines is 1. The van der Waals surface area contributed by atoms with Crippen molar-refractivity contribution in [1.29, 1.82) is 0 Å². The molecule has 1 heterocycles. The van der Waals surface area contributed by atoms with Gasteiger partial charge in [-0.2, -0.15) is 0 Å². The Bertz CT molecular complexity index is 834. The number of aryl methyl sites for hydroxylation is 1. The molecule has 150 valence electrons. The first-order valence-electron chi connectivity index (χ1n) is 11.2. The first kappa shape index (κ1) is 19.6. The highest BCUT2D eigenvalue weighted by atomic mass is 15.2. The normalized spacial score (nSPS) is 23.6. The standard InChI is InChI=1S/C27H37N/c1-19(2)22-13-9-14-23(20(3)4)25(22)28-18-27(17-26(28,5)6)16-10-12-21-11-7-8-15-24(21)27/h7-9,11,13-15,19-20H,10,12,16-18H2,1-6H3/t27-/m0/s1. The van der Waals surface area contributed by atoms with Crippen molar-refractivity contribution in [2.24, 2.45) is 0 Å². The lowest BCUT2D eigenvalue weighted by molar-refractivity contribution is 0.363. The molecule has 0 amide bonds. The van der Waals surface area contributed by atoms with Gasteiger partial charge in [0, 0.05) is 23.2 Å². The first-order valence-corrected chi connectivity index (χ1v) is 11.2. The van der Waals surface area contributed by atoms with E-state index in [9.17, 15) is 0 Å². The van der Waals surface area contributed by atoms with Crippen molar-refractivity contribution in [3.05, 3.63) is 64.7 Å². The number of hydrogen-bond donors (Lipinski definition) is 0. The highest BCUT2D eigenvalue weighted by Crippen LogP contribution is 2.53. The molecule has 4 rings (SSSR count). The van der Waals surface area contributed by atoms with Crippen LogP contribution in [-0.4, -0.2) is 12.1 Å². The summed E-state index contributed by atoms with van der Waals surface area (Å²) in [5, 5.41) is 0. The Morgan fingerprint density at radius 3 is 2.14 bits per heavy atom. The predicted octanol–water partition coefficient (Wildman–Crippen LogP) is 7.20. The SMILES string of the molecule is CC(C)c1cccc(C(C)C)c1N1C[C@]2(CCCc3ccccc32)CC1(C)C. The summed E-state index contributed by atoms with van der Waals surface area (Å²) in [6.07, 6.45) is 5.15. The second-order valence-corrected chi connectivity index (χ2v) is 10.5. The van der Waals surface area contributed by atoms with Crippen molar-refractivity contribution >= 4 is 5.69 Å². The minimum Gasteiger partial charge on any atom is -0.365 e. The second-order valence-electron chi connectivity index (χ2n) is 10.5. The molecule has 2 aromatic carbocycles. The van der Waals surface area contributed by atoms with Gasteiger partial charge >= 0.3 is 0 Å². The van der Waals surface area contributed by atoms with Crippen LogP contribution in [0.25, 0.3) is 0 Å². The molecule has 1 spiro atoms. The van der Waals surface area contributed by atoms with Gasteiger partial charge in [0.1, 0.15) is 0 Å². The molecule has 0 bridgehead atoms. The summed E-state index contributed by atoms with van der Waals surface area (Å²) in [5.41, 5.74) is 8.24. The zero-order chi connectivity index (χ0) is 20.1. The van der Waals surface area contributed by atoms with Gasteiger partial charge in [0.25, 0.3) is 0 Å². The van der Waals surface area contributed by atoms with Gasteiger partial charge in [0.05, 0.1) is 0 Å². The maximum absolute atomic E-state index is 2.79. The molecule has 1 aliphatic heterocycles. The highest BCUT2D eigenvalue weighted by Gasteiger charge is 2.51. The Morgan fingerprint density at radius 2 is 1.50 bits per heavy atom. The molecule has 0 aromatic heterocycles. The Hall–Kier alpha value is -1.76. The number of para-hydroxylation sites is 1. The molecule has 28 heavy (non-hydrogen) atoms. The lowest BCUT2D eigenvalue weighted by atomic mass is 9.67. The molecule has 1 heteroatoms. The van der Waals surface area contributed by atoms with Crippen LogP contribution in [0, 0.1) is 0 Å². The van der Waals surface area contributed by atoms with Crippen molar-refractivity contribution in [1.82, 2.24) is 0 Å². The monoisotopic (exact) mass is 375 g/mol. The molecular weight excluding hydrogens is 338 g/mol. The molecular formula is C27H37N. The Balaban J connectivity index is 1.86. The molecule has 1 fully saturated rings. The van der Waals surface area contributed by atoms with E-state index in [4.69, 9.17) is 0 Å². The zero-order valence-electron chi connectivity index (χ0n) is 18.7. The molecule has 1 atom stereocenters.